The number of carboxylic acids is 1. The number of carboxylic acid groups (broad SMARTS) is 1. The Kier molecular flexibility index (Phi) is 5.14. The van der Waals surface area contributed by atoms with Gasteiger partial charge in [-0.15, -0.1) is 0 Å². The molecule has 0 aliphatic heterocycles. The number of fused-ring (bicyclic) bond motifs is 2. The summed E-state index contributed by atoms with van der Waals surface area (Å²) in [5.41, 5.74) is 0.531. The van der Waals surface area contributed by atoms with Crippen LogP contribution in [0, 0.1) is 0 Å². The molecule has 0 aliphatic carbocycles. The molecule has 0 spiro atoms. The molecule has 1 N–H and O–H groups in total. The molecule has 1 radical (unpaired) electrons. The largest absolute Gasteiger partial charge is 0.491 e. The Bertz CT molecular complexity index is 943. The Hall–Kier alpha value is -1.82. The van der Waals surface area contributed by atoms with Gasteiger partial charge in [0.05, 0.1) is 22.4 Å². The molecule has 3 rings (SSSR count). The summed E-state index contributed by atoms with van der Waals surface area (Å²) in [6, 6.07) is 9.24. The van der Waals surface area contributed by atoms with Crippen molar-refractivity contribution in [2.24, 2.45) is 0 Å². The summed E-state index contributed by atoms with van der Waals surface area (Å²) in [5.74, 6) is -0.471. The van der Waals surface area contributed by atoms with Crippen molar-refractivity contribution in [3.05, 3.63) is 52.2 Å². The molecule has 0 fully saturated rings. The van der Waals surface area contributed by atoms with E-state index in [2.05, 4.69) is 0 Å². The van der Waals surface area contributed by atoms with Crippen molar-refractivity contribution in [1.29, 1.82) is 0 Å². The van der Waals surface area contributed by atoms with Crippen LogP contribution in [0.25, 0.3) is 21.9 Å². The van der Waals surface area contributed by atoms with Crippen LogP contribution < -0.4 is 10.2 Å². The van der Waals surface area contributed by atoms with E-state index in [1.54, 1.807) is 18.2 Å². The first-order chi connectivity index (χ1) is 10.5. The molecule has 5 nitrogen and oxygen atoms in total. The van der Waals surface area contributed by atoms with Crippen LogP contribution in [0.3, 0.4) is 0 Å². The number of carbonyl (C=O) groups is 1. The maximum absolute atomic E-state index is 12.5. The number of aromatic carboxylic acids is 1. The van der Waals surface area contributed by atoms with Gasteiger partial charge in [0.25, 0.3) is 0 Å². The zero-order valence-electron chi connectivity index (χ0n) is 13.1. The van der Waals surface area contributed by atoms with Crippen LogP contribution in [-0.2, 0) is 0 Å². The predicted molar refractivity (Wildman–Crippen MR) is 88.5 cm³/mol. The Morgan fingerprint density at radius 1 is 1.09 bits per heavy atom. The quantitative estimate of drug-likeness (QED) is 0.592. The number of hydrogen-bond acceptors (Lipinski definition) is 4. The van der Waals surface area contributed by atoms with Gasteiger partial charge >= 0.3 is 5.97 Å². The van der Waals surface area contributed by atoms with Crippen LogP contribution in [0.4, 0.5) is 0 Å². The van der Waals surface area contributed by atoms with Gasteiger partial charge in [0.1, 0.15) is 16.9 Å². The number of ether oxygens (including phenoxy) is 1. The van der Waals surface area contributed by atoms with E-state index in [0.717, 1.165) is 0 Å². The van der Waals surface area contributed by atoms with Crippen molar-refractivity contribution >= 4 is 57.5 Å². The zero-order valence-corrected chi connectivity index (χ0v) is 15.1. The van der Waals surface area contributed by atoms with Gasteiger partial charge in [-0.25, -0.2) is 4.79 Å². The summed E-state index contributed by atoms with van der Waals surface area (Å²) in [6.07, 6.45) is 0.00284. The summed E-state index contributed by atoms with van der Waals surface area (Å²) in [7, 11) is 0. The second-order valence-corrected chi connectivity index (χ2v) is 5.27. The van der Waals surface area contributed by atoms with E-state index in [1.807, 2.05) is 13.8 Å². The number of hydrogen-bond donors (Lipinski definition) is 1. The number of rotatable bonds is 3. The molecule has 113 valence electrons. The fourth-order valence-electron chi connectivity index (χ4n) is 2.31. The third kappa shape index (κ3) is 3.42. The zero-order chi connectivity index (χ0) is 15.9. The van der Waals surface area contributed by atoms with Crippen LogP contribution in [0.2, 0.25) is 0 Å². The average Bonchev–Trinajstić information content (AvgIpc) is 2.47. The third-order valence-corrected chi connectivity index (χ3v) is 3.26. The van der Waals surface area contributed by atoms with Crippen molar-refractivity contribution in [2.45, 2.75) is 20.0 Å². The van der Waals surface area contributed by atoms with Crippen molar-refractivity contribution in [1.82, 2.24) is 0 Å². The maximum atomic E-state index is 12.5. The molecule has 6 heteroatoms. The van der Waals surface area contributed by atoms with Gasteiger partial charge in [0.15, 0.2) is 0 Å². The summed E-state index contributed by atoms with van der Waals surface area (Å²) >= 11 is 0. The monoisotopic (exact) mass is 321 g/mol. The first kappa shape index (κ1) is 17.5. The van der Waals surface area contributed by atoms with E-state index in [9.17, 15) is 9.59 Å². The molecular weight excluding hydrogens is 307 g/mol. The molecule has 0 unspecified atom stereocenters. The van der Waals surface area contributed by atoms with E-state index in [0.29, 0.717) is 22.1 Å². The van der Waals surface area contributed by atoms with Crippen molar-refractivity contribution in [3.8, 4) is 5.75 Å². The number of benzene rings is 2. The molecule has 0 aliphatic rings. The Labute approximate surface area is 154 Å². The van der Waals surface area contributed by atoms with Crippen molar-refractivity contribution in [2.75, 3.05) is 0 Å². The summed E-state index contributed by atoms with van der Waals surface area (Å²) in [5, 5.41) is 9.77. The molecule has 23 heavy (non-hydrogen) atoms. The molecule has 1 aromatic heterocycles. The van der Waals surface area contributed by atoms with Crippen LogP contribution >= 0.6 is 0 Å². The van der Waals surface area contributed by atoms with E-state index in [1.165, 1.54) is 18.2 Å². The van der Waals surface area contributed by atoms with Crippen LogP contribution in [0.15, 0.2) is 45.6 Å². The Balaban J connectivity index is 0.00000192. The molecule has 1 heterocycles. The van der Waals surface area contributed by atoms with Crippen LogP contribution in [0.5, 0.6) is 5.75 Å². The first-order valence-corrected chi connectivity index (χ1v) is 6.86. The van der Waals surface area contributed by atoms with Crippen LogP contribution in [0.1, 0.15) is 24.2 Å². The maximum Gasteiger partial charge on any atom is 0.335 e. The van der Waals surface area contributed by atoms with E-state index < -0.39 is 5.97 Å². The SMILES string of the molecule is CC(C)Oc1ccc2oc3cc(C(=O)O)ccc3c(=O)c2c1.[Na]. The standard InChI is InChI=1S/C17H14O5.Na/c1-9(2)21-11-4-6-14-13(8-11)16(18)12-5-3-10(17(19)20)7-15(12)22-14;/h3-9H,1-2H3,(H,19,20);. The second-order valence-electron chi connectivity index (χ2n) is 5.27. The normalized spacial score (nSPS) is 10.7. The Morgan fingerprint density at radius 3 is 2.48 bits per heavy atom. The minimum absolute atomic E-state index is 0. The van der Waals surface area contributed by atoms with Gasteiger partial charge in [-0.05, 0) is 50.2 Å². The first-order valence-electron chi connectivity index (χ1n) is 6.86. The molecule has 0 bridgehead atoms. The van der Waals surface area contributed by atoms with Gasteiger partial charge in [-0.3, -0.25) is 4.79 Å². The van der Waals surface area contributed by atoms with E-state index in [-0.39, 0.29) is 52.2 Å². The third-order valence-electron chi connectivity index (χ3n) is 3.26. The molecule has 0 saturated heterocycles. The minimum atomic E-state index is -1.06. The molecular formula is C17H14NaO5. The van der Waals surface area contributed by atoms with Gasteiger partial charge in [-0.2, -0.15) is 0 Å². The van der Waals surface area contributed by atoms with Gasteiger partial charge in [-0.1, -0.05) is 0 Å². The summed E-state index contributed by atoms with van der Waals surface area (Å²) in [4.78, 5) is 23.5. The van der Waals surface area contributed by atoms with Gasteiger partial charge < -0.3 is 14.3 Å². The average molecular weight is 321 g/mol. The molecule has 2 aromatic carbocycles. The summed E-state index contributed by atoms with van der Waals surface area (Å²) < 4.78 is 11.2. The predicted octanol–water partition coefficient (Wildman–Crippen LogP) is 3.05. The fraction of sp³-hybridized carbons (Fsp3) is 0.176. The molecule has 0 atom stereocenters. The van der Waals surface area contributed by atoms with E-state index in [4.69, 9.17) is 14.3 Å². The van der Waals surface area contributed by atoms with Gasteiger partial charge in [0.2, 0.25) is 5.43 Å². The Morgan fingerprint density at radius 2 is 1.83 bits per heavy atom. The smallest absolute Gasteiger partial charge is 0.335 e. The molecule has 3 aromatic rings. The van der Waals surface area contributed by atoms with Crippen molar-refractivity contribution < 1.29 is 19.1 Å². The van der Waals surface area contributed by atoms with E-state index >= 15 is 0 Å². The topological polar surface area (TPSA) is 76.7 Å². The summed E-state index contributed by atoms with van der Waals surface area (Å²) in [6.45, 7) is 3.81. The second kappa shape index (κ2) is 6.74. The minimum Gasteiger partial charge on any atom is -0.491 e. The molecule has 0 amide bonds. The molecule has 0 saturated carbocycles. The van der Waals surface area contributed by atoms with Crippen molar-refractivity contribution in [3.63, 3.8) is 0 Å². The van der Waals surface area contributed by atoms with Crippen LogP contribution in [-0.4, -0.2) is 46.7 Å². The fourth-order valence-corrected chi connectivity index (χ4v) is 2.31. The van der Waals surface area contributed by atoms with Gasteiger partial charge in [0, 0.05) is 29.6 Å².